The minimum Gasteiger partial charge on any atom is -0.437 e. The molecule has 0 saturated heterocycles. The van der Waals surface area contributed by atoms with E-state index < -0.39 is 17.6 Å². The van der Waals surface area contributed by atoms with Crippen molar-refractivity contribution in [3.63, 3.8) is 0 Å². The number of hydrogen-bond donors (Lipinski definition) is 2. The summed E-state index contributed by atoms with van der Waals surface area (Å²) in [6, 6.07) is 12.0. The van der Waals surface area contributed by atoms with Crippen molar-refractivity contribution in [2.24, 2.45) is 0 Å². The molecule has 2 aromatic carbocycles. The molecule has 2 N–H and O–H groups in total. The smallest absolute Gasteiger partial charge is 0.416 e. The van der Waals surface area contributed by atoms with Crippen molar-refractivity contribution in [1.29, 1.82) is 5.26 Å². The van der Waals surface area contributed by atoms with E-state index in [2.05, 4.69) is 26.7 Å². The second-order valence-electron chi connectivity index (χ2n) is 9.89. The third-order valence-corrected chi connectivity index (χ3v) is 7.80. The van der Waals surface area contributed by atoms with Gasteiger partial charge in [-0.05, 0) is 92.4 Å². The fourth-order valence-corrected chi connectivity index (χ4v) is 5.67. The number of fused-ring (bicyclic) bond motifs is 1. The summed E-state index contributed by atoms with van der Waals surface area (Å²) in [5, 5.41) is 17.4. The van der Waals surface area contributed by atoms with Gasteiger partial charge in [0.1, 0.15) is 10.4 Å². The maximum atomic E-state index is 13.0. The Morgan fingerprint density at radius 3 is 2.42 bits per heavy atom. The van der Waals surface area contributed by atoms with Crippen molar-refractivity contribution in [3.05, 3.63) is 75.7 Å². The number of alkyl halides is 3. The van der Waals surface area contributed by atoms with Crippen LogP contribution in [0.25, 0.3) is 10.2 Å². The normalized spacial score (nSPS) is 17.3. The Morgan fingerprint density at radius 2 is 1.75 bits per heavy atom. The molecule has 2 aromatic heterocycles. The first kappa shape index (κ1) is 27.4. The van der Waals surface area contributed by atoms with Crippen LogP contribution in [0, 0.1) is 25.2 Å². The van der Waals surface area contributed by atoms with Crippen LogP contribution in [0.2, 0.25) is 0 Å². The van der Waals surface area contributed by atoms with E-state index in [0.29, 0.717) is 36.0 Å². The summed E-state index contributed by atoms with van der Waals surface area (Å²) in [5.74, 6) is 1.00. The maximum absolute atomic E-state index is 13.0. The van der Waals surface area contributed by atoms with Crippen LogP contribution in [0.15, 0.2) is 47.8 Å². The molecule has 1 aliphatic carbocycles. The Balaban J connectivity index is 1.24. The number of halogens is 3. The summed E-state index contributed by atoms with van der Waals surface area (Å²) in [6.45, 7) is 3.78. The van der Waals surface area contributed by atoms with Crippen molar-refractivity contribution in [2.75, 3.05) is 5.32 Å². The summed E-state index contributed by atoms with van der Waals surface area (Å²) in [7, 11) is 0. The molecule has 0 spiro atoms. The SMILES string of the molecule is Cc1cc(C#N)cc(C)c1Oc1nc(NC2CCC(NC(=O)c3cccc(C(F)(F)F)c3)CC2)nc2ccsc12. The Bertz CT molecular complexity index is 1580. The molecule has 0 bridgehead atoms. The molecule has 5 rings (SSSR count). The summed E-state index contributed by atoms with van der Waals surface area (Å²) in [6.07, 6.45) is -1.73. The van der Waals surface area contributed by atoms with E-state index in [1.165, 1.54) is 23.5 Å². The summed E-state index contributed by atoms with van der Waals surface area (Å²) in [4.78, 5) is 21.9. The lowest BCUT2D eigenvalue weighted by molar-refractivity contribution is -0.137. The summed E-state index contributed by atoms with van der Waals surface area (Å²) >= 11 is 1.48. The molecule has 0 unspecified atom stereocenters. The topological polar surface area (TPSA) is 99.9 Å². The Kier molecular flexibility index (Phi) is 7.63. The fourth-order valence-electron chi connectivity index (χ4n) is 4.91. The average Bonchev–Trinajstić information content (AvgIpc) is 3.40. The van der Waals surface area contributed by atoms with Gasteiger partial charge in [-0.1, -0.05) is 6.07 Å². The third kappa shape index (κ3) is 6.02. The van der Waals surface area contributed by atoms with Gasteiger partial charge in [-0.15, -0.1) is 11.3 Å². The van der Waals surface area contributed by atoms with Crippen LogP contribution < -0.4 is 15.4 Å². The van der Waals surface area contributed by atoms with E-state index in [-0.39, 0.29) is 17.6 Å². The lowest BCUT2D eigenvalue weighted by Crippen LogP contribution is -2.40. The van der Waals surface area contributed by atoms with Gasteiger partial charge in [0.05, 0.1) is 22.7 Å². The predicted octanol–water partition coefficient (Wildman–Crippen LogP) is 7.14. The summed E-state index contributed by atoms with van der Waals surface area (Å²) in [5.41, 5.74) is 2.13. The van der Waals surface area contributed by atoms with Gasteiger partial charge in [0.2, 0.25) is 11.8 Å². The van der Waals surface area contributed by atoms with Gasteiger partial charge in [0, 0.05) is 17.6 Å². The first-order chi connectivity index (χ1) is 19.1. The number of aryl methyl sites for hydroxylation is 2. The Hall–Kier alpha value is -4.17. The highest BCUT2D eigenvalue weighted by Crippen LogP contribution is 2.36. The van der Waals surface area contributed by atoms with Crippen LogP contribution in [0.3, 0.4) is 0 Å². The van der Waals surface area contributed by atoms with Crippen molar-refractivity contribution in [2.45, 2.75) is 57.8 Å². The lowest BCUT2D eigenvalue weighted by atomic mass is 9.91. The van der Waals surface area contributed by atoms with Crippen LogP contribution in [0.4, 0.5) is 19.1 Å². The maximum Gasteiger partial charge on any atom is 0.416 e. The molecular formula is C29H26F3N5O2S. The van der Waals surface area contributed by atoms with Gasteiger partial charge in [0.15, 0.2) is 0 Å². The molecule has 0 aliphatic heterocycles. The zero-order valence-corrected chi connectivity index (χ0v) is 22.6. The highest BCUT2D eigenvalue weighted by Gasteiger charge is 2.31. The number of nitriles is 1. The molecule has 40 heavy (non-hydrogen) atoms. The number of aromatic nitrogens is 2. The summed E-state index contributed by atoms with van der Waals surface area (Å²) < 4.78 is 46.1. The monoisotopic (exact) mass is 565 g/mol. The quantitative estimate of drug-likeness (QED) is 0.258. The van der Waals surface area contributed by atoms with E-state index in [0.717, 1.165) is 46.3 Å². The number of rotatable bonds is 6. The molecule has 0 atom stereocenters. The number of hydrogen-bond acceptors (Lipinski definition) is 7. The first-order valence-electron chi connectivity index (χ1n) is 12.8. The molecule has 7 nitrogen and oxygen atoms in total. The van der Waals surface area contributed by atoms with Gasteiger partial charge in [0.25, 0.3) is 5.91 Å². The van der Waals surface area contributed by atoms with Gasteiger partial charge in [-0.25, -0.2) is 4.98 Å². The van der Waals surface area contributed by atoms with E-state index in [1.54, 1.807) is 12.1 Å². The Morgan fingerprint density at radius 1 is 1.05 bits per heavy atom. The number of nitrogens with zero attached hydrogens (tertiary/aromatic N) is 3. The van der Waals surface area contributed by atoms with Crippen molar-refractivity contribution < 1.29 is 22.7 Å². The standard InChI is InChI=1S/C29H26F3N5O2S/c1-16-12-18(15-33)13-17(2)24(16)39-27-25-23(10-11-40-25)36-28(37-27)35-22-8-6-21(7-9-22)34-26(38)19-4-3-5-20(14-19)29(30,31)32/h3-5,10-14,21-22H,6-9H2,1-2H3,(H,34,38)(H,35,36,37). The molecule has 1 amide bonds. The number of carbonyl (C=O) groups is 1. The lowest BCUT2D eigenvalue weighted by Gasteiger charge is -2.29. The van der Waals surface area contributed by atoms with E-state index >= 15 is 0 Å². The molecule has 1 aliphatic rings. The largest absolute Gasteiger partial charge is 0.437 e. The van der Waals surface area contributed by atoms with E-state index in [9.17, 15) is 23.2 Å². The highest BCUT2D eigenvalue weighted by molar-refractivity contribution is 7.17. The second-order valence-corrected chi connectivity index (χ2v) is 10.8. The first-order valence-corrected chi connectivity index (χ1v) is 13.7. The van der Waals surface area contributed by atoms with E-state index in [1.807, 2.05) is 25.3 Å². The minimum atomic E-state index is -4.50. The number of carbonyl (C=O) groups excluding carboxylic acids is 1. The zero-order valence-electron chi connectivity index (χ0n) is 21.8. The number of anilines is 1. The Labute approximate surface area is 233 Å². The van der Waals surface area contributed by atoms with Gasteiger partial charge in [-0.2, -0.15) is 23.4 Å². The van der Waals surface area contributed by atoms with Gasteiger partial charge >= 0.3 is 6.18 Å². The number of amides is 1. The predicted molar refractivity (Wildman–Crippen MR) is 147 cm³/mol. The number of thiophene rings is 1. The highest BCUT2D eigenvalue weighted by atomic mass is 32.1. The number of ether oxygens (including phenoxy) is 1. The van der Waals surface area contributed by atoms with E-state index in [4.69, 9.17) is 4.74 Å². The fraction of sp³-hybridized carbons (Fsp3) is 0.310. The molecule has 1 saturated carbocycles. The second kappa shape index (κ2) is 11.1. The average molecular weight is 566 g/mol. The molecule has 11 heteroatoms. The van der Waals surface area contributed by atoms with Crippen LogP contribution in [0.1, 0.15) is 58.3 Å². The van der Waals surface area contributed by atoms with Crippen molar-refractivity contribution in [3.8, 4) is 17.7 Å². The third-order valence-electron chi connectivity index (χ3n) is 6.91. The molecule has 2 heterocycles. The molecule has 206 valence electrons. The van der Waals surface area contributed by atoms with Crippen molar-refractivity contribution >= 4 is 33.4 Å². The van der Waals surface area contributed by atoms with Gasteiger partial charge in [-0.3, -0.25) is 4.79 Å². The van der Waals surface area contributed by atoms with Crippen LogP contribution in [-0.2, 0) is 6.18 Å². The molecule has 4 aromatic rings. The number of nitrogens with one attached hydrogen (secondary N) is 2. The minimum absolute atomic E-state index is 0.00666. The van der Waals surface area contributed by atoms with Gasteiger partial charge < -0.3 is 15.4 Å². The van der Waals surface area contributed by atoms with Crippen molar-refractivity contribution in [1.82, 2.24) is 15.3 Å². The van der Waals surface area contributed by atoms with Crippen LogP contribution in [0.5, 0.6) is 11.6 Å². The molecule has 1 fully saturated rings. The number of benzene rings is 2. The van der Waals surface area contributed by atoms with Crippen LogP contribution >= 0.6 is 11.3 Å². The zero-order chi connectivity index (χ0) is 28.4. The molecule has 0 radical (unpaired) electrons. The van der Waals surface area contributed by atoms with Crippen LogP contribution in [-0.4, -0.2) is 28.0 Å². The molecular weight excluding hydrogens is 539 g/mol.